The van der Waals surface area contributed by atoms with E-state index in [4.69, 9.17) is 34.0 Å². The zero-order chi connectivity index (χ0) is 29.8. The van der Waals surface area contributed by atoms with E-state index in [1.165, 1.54) is 24.8 Å². The average Bonchev–Trinajstić information content (AvgIpc) is 2.87. The molecule has 0 amide bonds. The van der Waals surface area contributed by atoms with Crippen LogP contribution in [0.2, 0.25) is 0 Å². The minimum atomic E-state index is -5.08. The molecule has 1 aromatic heterocycles. The summed E-state index contributed by atoms with van der Waals surface area (Å²) in [6.45, 7) is 7.68. The molecule has 40 heavy (non-hydrogen) atoms. The Balaban J connectivity index is 0.000000333. The van der Waals surface area contributed by atoms with Crippen LogP contribution < -0.4 is 0 Å². The van der Waals surface area contributed by atoms with Crippen molar-refractivity contribution in [3.8, 4) is 0 Å². The van der Waals surface area contributed by atoms with Crippen molar-refractivity contribution in [3.63, 3.8) is 0 Å². The Morgan fingerprint density at radius 1 is 0.950 bits per heavy atom. The third-order valence-electron chi connectivity index (χ3n) is 6.62. The molecule has 2 N–H and O–H groups in total. The molecular weight excluding hydrogens is 554 g/mol. The Morgan fingerprint density at radius 3 is 2.00 bits per heavy atom. The molecule has 4 heterocycles. The monoisotopic (exact) mass is 588 g/mol. The number of hydrogen-bond acceptors (Lipinski definition) is 7. The molecular formula is C25H34F6N2O7. The van der Waals surface area contributed by atoms with Crippen LogP contribution in [-0.4, -0.2) is 96.1 Å². The fraction of sp³-hybridized carbons (Fsp3) is 0.720. The number of ether oxygens (including phenoxy) is 3. The van der Waals surface area contributed by atoms with Crippen molar-refractivity contribution in [2.45, 2.75) is 56.6 Å². The summed E-state index contributed by atoms with van der Waals surface area (Å²) >= 11 is 0. The molecule has 1 unspecified atom stereocenters. The van der Waals surface area contributed by atoms with Crippen LogP contribution in [0, 0.1) is 11.8 Å². The van der Waals surface area contributed by atoms with E-state index >= 15 is 0 Å². The first-order chi connectivity index (χ1) is 18.7. The number of carboxylic acids is 2. The SMILES string of the molecule is O=C(O)C(F)(F)F.O=C(O)C(F)(F)F.c1cc(CN2CC3(CC(CCOCC4CCOCC4)CCO3)C2)ccn1. The van der Waals surface area contributed by atoms with Gasteiger partial charge in [-0.2, -0.15) is 26.3 Å². The highest BCUT2D eigenvalue weighted by atomic mass is 19.4. The van der Waals surface area contributed by atoms with Gasteiger partial charge in [0.05, 0.1) is 5.60 Å². The maximum absolute atomic E-state index is 10.6. The Kier molecular flexibility index (Phi) is 13.1. The summed E-state index contributed by atoms with van der Waals surface area (Å²) in [5.41, 5.74) is 1.44. The van der Waals surface area contributed by atoms with Gasteiger partial charge in [0.1, 0.15) is 0 Å². The van der Waals surface area contributed by atoms with E-state index in [0.717, 1.165) is 71.4 Å². The van der Waals surface area contributed by atoms with E-state index in [1.807, 2.05) is 12.4 Å². The zero-order valence-corrected chi connectivity index (χ0v) is 21.8. The Hall–Kier alpha value is -2.49. The summed E-state index contributed by atoms with van der Waals surface area (Å²) in [6.07, 6.45) is -0.538. The topological polar surface area (TPSA) is 118 Å². The maximum atomic E-state index is 10.6. The van der Waals surface area contributed by atoms with Crippen molar-refractivity contribution in [3.05, 3.63) is 30.1 Å². The minimum Gasteiger partial charge on any atom is -0.475 e. The third-order valence-corrected chi connectivity index (χ3v) is 6.62. The first-order valence-electron chi connectivity index (χ1n) is 12.7. The van der Waals surface area contributed by atoms with Crippen LogP contribution in [0.25, 0.3) is 0 Å². The standard InChI is InChI=1S/C21H32N2O3.2C2HF3O2/c1-7-22-8-2-19(1)14-23-16-21(17-23)13-18(6-12-26-21)3-11-25-15-20-4-9-24-10-5-20;2*3-2(4,5)1(6)7/h1-2,7-8,18,20H,3-6,9-17H2;2*(H,6,7). The Morgan fingerprint density at radius 2 is 1.48 bits per heavy atom. The molecule has 3 aliphatic rings. The molecule has 3 saturated heterocycles. The normalized spacial score (nSPS) is 21.3. The van der Waals surface area contributed by atoms with E-state index in [9.17, 15) is 26.3 Å². The number of aromatic nitrogens is 1. The van der Waals surface area contributed by atoms with Crippen molar-refractivity contribution in [2.24, 2.45) is 11.8 Å². The van der Waals surface area contributed by atoms with Crippen LogP contribution in [0.3, 0.4) is 0 Å². The highest BCUT2D eigenvalue weighted by Crippen LogP contribution is 2.38. The molecule has 0 bridgehead atoms. The van der Waals surface area contributed by atoms with Crippen LogP contribution >= 0.6 is 0 Å². The summed E-state index contributed by atoms with van der Waals surface area (Å²) in [6, 6.07) is 4.20. The molecule has 0 aliphatic carbocycles. The predicted molar refractivity (Wildman–Crippen MR) is 127 cm³/mol. The molecule has 3 aliphatic heterocycles. The van der Waals surface area contributed by atoms with Gasteiger partial charge in [-0.1, -0.05) is 0 Å². The van der Waals surface area contributed by atoms with E-state index < -0.39 is 24.3 Å². The summed E-state index contributed by atoms with van der Waals surface area (Å²) in [7, 11) is 0. The molecule has 1 atom stereocenters. The average molecular weight is 589 g/mol. The van der Waals surface area contributed by atoms with E-state index in [-0.39, 0.29) is 5.60 Å². The van der Waals surface area contributed by atoms with Gasteiger partial charge in [0.2, 0.25) is 0 Å². The lowest BCUT2D eigenvalue weighted by molar-refractivity contribution is -0.193. The fourth-order valence-corrected chi connectivity index (χ4v) is 4.64. The van der Waals surface area contributed by atoms with Crippen molar-refractivity contribution in [2.75, 3.05) is 46.1 Å². The molecule has 0 saturated carbocycles. The number of pyridine rings is 1. The van der Waals surface area contributed by atoms with Crippen LogP contribution in [0.5, 0.6) is 0 Å². The summed E-state index contributed by atoms with van der Waals surface area (Å²) in [4.78, 5) is 24.4. The predicted octanol–water partition coefficient (Wildman–Crippen LogP) is 4.16. The molecule has 0 radical (unpaired) electrons. The van der Waals surface area contributed by atoms with Gasteiger partial charge in [-0.25, -0.2) is 9.59 Å². The van der Waals surface area contributed by atoms with E-state index in [2.05, 4.69) is 22.0 Å². The number of nitrogens with zero attached hydrogens (tertiary/aromatic N) is 2. The van der Waals surface area contributed by atoms with Gasteiger partial charge in [-0.3, -0.25) is 9.88 Å². The number of aliphatic carboxylic acids is 2. The number of rotatable bonds is 7. The Labute approximate surface area is 227 Å². The van der Waals surface area contributed by atoms with Crippen molar-refractivity contribution >= 4 is 11.9 Å². The zero-order valence-electron chi connectivity index (χ0n) is 21.8. The summed E-state index contributed by atoms with van der Waals surface area (Å²) in [5.74, 6) is -4.06. The van der Waals surface area contributed by atoms with Gasteiger partial charge in [-0.05, 0) is 61.6 Å². The smallest absolute Gasteiger partial charge is 0.475 e. The van der Waals surface area contributed by atoms with Gasteiger partial charge in [0.25, 0.3) is 0 Å². The number of alkyl halides is 6. The van der Waals surface area contributed by atoms with E-state index in [0.29, 0.717) is 5.92 Å². The summed E-state index contributed by atoms with van der Waals surface area (Å²) in [5, 5.41) is 14.2. The van der Waals surface area contributed by atoms with Gasteiger partial charge >= 0.3 is 24.3 Å². The molecule has 15 heteroatoms. The molecule has 228 valence electrons. The van der Waals surface area contributed by atoms with Crippen molar-refractivity contribution < 1.29 is 60.4 Å². The second-order valence-electron chi connectivity index (χ2n) is 9.92. The van der Waals surface area contributed by atoms with E-state index in [1.54, 1.807) is 0 Å². The first kappa shape index (κ1) is 33.7. The van der Waals surface area contributed by atoms with Crippen LogP contribution in [0.1, 0.15) is 37.7 Å². The fourth-order valence-electron chi connectivity index (χ4n) is 4.64. The van der Waals surface area contributed by atoms with Crippen molar-refractivity contribution in [1.29, 1.82) is 0 Å². The molecule has 1 spiro atoms. The molecule has 4 rings (SSSR count). The summed E-state index contributed by atoms with van der Waals surface area (Å²) < 4.78 is 81.1. The minimum absolute atomic E-state index is 0.108. The largest absolute Gasteiger partial charge is 0.490 e. The van der Waals surface area contributed by atoms with Crippen LogP contribution in [-0.2, 0) is 30.3 Å². The number of carbonyl (C=O) groups is 2. The lowest BCUT2D eigenvalue weighted by Crippen LogP contribution is -2.64. The number of hydrogen-bond donors (Lipinski definition) is 2. The molecule has 1 aromatic rings. The second kappa shape index (κ2) is 15.5. The highest BCUT2D eigenvalue weighted by Gasteiger charge is 2.47. The highest BCUT2D eigenvalue weighted by molar-refractivity contribution is 5.73. The number of likely N-dealkylation sites (tertiary alicyclic amines) is 1. The van der Waals surface area contributed by atoms with Crippen molar-refractivity contribution in [1.82, 2.24) is 9.88 Å². The first-order valence-corrected chi connectivity index (χ1v) is 12.7. The van der Waals surface area contributed by atoms with Gasteiger partial charge in [0, 0.05) is 65.1 Å². The second-order valence-corrected chi connectivity index (χ2v) is 9.92. The lowest BCUT2D eigenvalue weighted by atomic mass is 9.79. The third kappa shape index (κ3) is 12.4. The number of halogens is 6. The van der Waals surface area contributed by atoms with Gasteiger partial charge in [-0.15, -0.1) is 0 Å². The van der Waals surface area contributed by atoms with Gasteiger partial charge < -0.3 is 24.4 Å². The molecule has 0 aromatic carbocycles. The Bertz CT molecular complexity index is 881. The quantitative estimate of drug-likeness (QED) is 0.358. The molecule has 3 fully saturated rings. The van der Waals surface area contributed by atoms with Crippen LogP contribution in [0.4, 0.5) is 26.3 Å². The lowest BCUT2D eigenvalue weighted by Gasteiger charge is -2.53. The van der Waals surface area contributed by atoms with Crippen LogP contribution in [0.15, 0.2) is 24.5 Å². The number of carboxylic acid groups (broad SMARTS) is 2. The molecule has 9 nitrogen and oxygen atoms in total. The van der Waals surface area contributed by atoms with Gasteiger partial charge in [0.15, 0.2) is 0 Å². The maximum Gasteiger partial charge on any atom is 0.490 e.